The second-order valence-corrected chi connectivity index (χ2v) is 9.94. The van der Waals surface area contributed by atoms with E-state index in [1.165, 1.54) is 22.3 Å². The maximum atomic E-state index is 12.6. The van der Waals surface area contributed by atoms with Gasteiger partial charge in [0.15, 0.2) is 0 Å². The summed E-state index contributed by atoms with van der Waals surface area (Å²) in [6, 6.07) is 16.3. The zero-order chi connectivity index (χ0) is 24.9. The number of rotatable bonds is 8. The second kappa shape index (κ2) is 10.9. The van der Waals surface area contributed by atoms with Gasteiger partial charge in [0, 0.05) is 31.5 Å². The summed E-state index contributed by atoms with van der Waals surface area (Å²) < 4.78 is 5.60. The van der Waals surface area contributed by atoms with Gasteiger partial charge < -0.3 is 20.1 Å². The lowest BCUT2D eigenvalue weighted by atomic mass is 9.90. The molecule has 0 aromatic heterocycles. The highest BCUT2D eigenvalue weighted by Gasteiger charge is 2.32. The average molecular weight is 479 g/mol. The molecule has 2 aliphatic rings. The minimum atomic E-state index is -0.838. The Balaban J connectivity index is 1.21. The number of benzene rings is 2. The highest BCUT2D eigenvalue weighted by molar-refractivity contribution is 5.79. The summed E-state index contributed by atoms with van der Waals surface area (Å²) in [5, 5.41) is 12.2. The molecule has 3 atom stereocenters. The van der Waals surface area contributed by atoms with Gasteiger partial charge in [0.25, 0.3) is 0 Å². The summed E-state index contributed by atoms with van der Waals surface area (Å²) in [7, 11) is 0. The first kappa shape index (κ1) is 24.8. The Hall–Kier alpha value is -3.35. The number of hydrogen-bond donors (Lipinski definition) is 2. The third-order valence-corrected chi connectivity index (χ3v) is 7.10. The molecule has 1 saturated heterocycles. The predicted molar refractivity (Wildman–Crippen MR) is 133 cm³/mol. The number of nitrogens with zero attached hydrogens (tertiary/aromatic N) is 1. The van der Waals surface area contributed by atoms with E-state index in [0.29, 0.717) is 32.2 Å². The van der Waals surface area contributed by atoms with E-state index in [1.54, 1.807) is 4.90 Å². The van der Waals surface area contributed by atoms with Gasteiger partial charge in [-0.3, -0.25) is 9.59 Å². The number of amides is 2. The van der Waals surface area contributed by atoms with Crippen LogP contribution in [0.5, 0.6) is 0 Å². The number of ether oxygens (including phenoxy) is 1. The van der Waals surface area contributed by atoms with Crippen molar-refractivity contribution in [1.82, 2.24) is 10.2 Å². The largest absolute Gasteiger partial charge is 0.481 e. The first-order valence-corrected chi connectivity index (χ1v) is 12.5. The minimum Gasteiger partial charge on any atom is -0.481 e. The summed E-state index contributed by atoms with van der Waals surface area (Å²) in [6.07, 6.45) is 1.75. The lowest BCUT2D eigenvalue weighted by molar-refractivity contribution is -0.146. The van der Waals surface area contributed by atoms with Gasteiger partial charge in [-0.2, -0.15) is 0 Å². The highest BCUT2D eigenvalue weighted by atomic mass is 16.5. The molecule has 1 fully saturated rings. The van der Waals surface area contributed by atoms with Crippen molar-refractivity contribution in [3.63, 3.8) is 0 Å². The fourth-order valence-corrected chi connectivity index (χ4v) is 5.37. The number of carboxylic acid groups (broad SMARTS) is 1. The van der Waals surface area contributed by atoms with Crippen LogP contribution >= 0.6 is 0 Å². The molecule has 7 nitrogen and oxygen atoms in total. The Morgan fingerprint density at radius 3 is 2.31 bits per heavy atom. The molecule has 4 rings (SSSR count). The van der Waals surface area contributed by atoms with Crippen molar-refractivity contribution in [3.8, 4) is 11.1 Å². The average Bonchev–Trinajstić information content (AvgIpc) is 3.16. The van der Waals surface area contributed by atoms with E-state index < -0.39 is 18.0 Å². The Bertz CT molecular complexity index is 1040. The smallest absolute Gasteiger partial charge is 0.407 e. The number of alkyl carbamates (subject to hydrolysis) is 1. The van der Waals surface area contributed by atoms with Crippen LogP contribution < -0.4 is 5.32 Å². The van der Waals surface area contributed by atoms with Crippen molar-refractivity contribution in [3.05, 3.63) is 59.7 Å². The molecule has 1 heterocycles. The van der Waals surface area contributed by atoms with Gasteiger partial charge in [-0.25, -0.2) is 4.79 Å². The molecule has 7 heteroatoms. The van der Waals surface area contributed by atoms with Crippen LogP contribution in [0.25, 0.3) is 11.1 Å². The topological polar surface area (TPSA) is 95.9 Å². The molecule has 186 valence electrons. The van der Waals surface area contributed by atoms with E-state index in [9.17, 15) is 19.5 Å². The number of nitrogens with one attached hydrogen (secondary N) is 1. The van der Waals surface area contributed by atoms with Gasteiger partial charge in [-0.05, 0) is 54.4 Å². The quantitative estimate of drug-likeness (QED) is 0.576. The zero-order valence-electron chi connectivity index (χ0n) is 20.4. The van der Waals surface area contributed by atoms with Crippen LogP contribution in [0.3, 0.4) is 0 Å². The van der Waals surface area contributed by atoms with Crippen molar-refractivity contribution in [2.75, 3.05) is 19.7 Å². The van der Waals surface area contributed by atoms with Gasteiger partial charge in [-0.15, -0.1) is 0 Å². The van der Waals surface area contributed by atoms with Crippen LogP contribution in [-0.4, -0.2) is 53.7 Å². The van der Waals surface area contributed by atoms with E-state index in [0.717, 1.165) is 0 Å². The predicted octanol–water partition coefficient (Wildman–Crippen LogP) is 4.65. The number of aliphatic carboxylic acids is 1. The number of hydrogen-bond acceptors (Lipinski definition) is 4. The second-order valence-electron chi connectivity index (χ2n) is 9.94. The van der Waals surface area contributed by atoms with Crippen molar-refractivity contribution in [2.24, 2.45) is 11.8 Å². The molecule has 2 amide bonds. The Morgan fingerprint density at radius 2 is 1.69 bits per heavy atom. The molecule has 0 saturated carbocycles. The van der Waals surface area contributed by atoms with Crippen LogP contribution in [0.15, 0.2) is 48.5 Å². The number of carboxylic acids is 1. The molecule has 0 radical (unpaired) electrons. The molecular formula is C28H34N2O5. The highest BCUT2D eigenvalue weighted by Crippen LogP contribution is 2.44. The molecule has 35 heavy (non-hydrogen) atoms. The van der Waals surface area contributed by atoms with Crippen molar-refractivity contribution >= 4 is 18.0 Å². The first-order valence-electron chi connectivity index (χ1n) is 12.5. The molecule has 3 unspecified atom stereocenters. The van der Waals surface area contributed by atoms with E-state index in [-0.39, 0.29) is 36.9 Å². The summed E-state index contributed by atoms with van der Waals surface area (Å²) in [5.74, 6) is -1.14. The Kier molecular flexibility index (Phi) is 7.73. The van der Waals surface area contributed by atoms with Crippen LogP contribution in [0.2, 0.25) is 0 Å². The molecular weight excluding hydrogens is 444 g/mol. The lowest BCUT2D eigenvalue weighted by Gasteiger charge is -2.34. The molecule has 2 aromatic rings. The molecule has 0 spiro atoms. The molecule has 2 N–H and O–H groups in total. The maximum absolute atomic E-state index is 12.6. The van der Waals surface area contributed by atoms with E-state index in [1.807, 2.05) is 38.1 Å². The number of piperidine rings is 1. The van der Waals surface area contributed by atoms with Gasteiger partial charge in [0.1, 0.15) is 6.61 Å². The molecule has 1 aliphatic heterocycles. The summed E-state index contributed by atoms with van der Waals surface area (Å²) in [5.41, 5.74) is 4.72. The van der Waals surface area contributed by atoms with Crippen LogP contribution in [-0.2, 0) is 14.3 Å². The number of fused-ring (bicyclic) bond motifs is 3. The third-order valence-electron chi connectivity index (χ3n) is 7.10. The van der Waals surface area contributed by atoms with Gasteiger partial charge in [0.2, 0.25) is 5.91 Å². The summed E-state index contributed by atoms with van der Waals surface area (Å²) >= 11 is 0. The molecule has 2 aromatic carbocycles. The van der Waals surface area contributed by atoms with Gasteiger partial charge in [0.05, 0.1) is 5.92 Å². The fourth-order valence-electron chi connectivity index (χ4n) is 5.37. The lowest BCUT2D eigenvalue weighted by Crippen LogP contribution is -2.45. The summed E-state index contributed by atoms with van der Waals surface area (Å²) in [4.78, 5) is 38.1. The number of likely N-dealkylation sites (tertiary alicyclic amines) is 1. The fraction of sp³-hybridized carbons (Fsp3) is 0.464. The monoisotopic (exact) mass is 478 g/mol. The minimum absolute atomic E-state index is 0.0163. The maximum Gasteiger partial charge on any atom is 0.407 e. The number of carbonyl (C=O) groups excluding carboxylic acids is 2. The van der Waals surface area contributed by atoms with Crippen molar-refractivity contribution in [2.45, 2.75) is 51.5 Å². The Morgan fingerprint density at radius 1 is 1.06 bits per heavy atom. The standard InChI is InChI=1S/C28H34N2O5/c1-18-14-20(27(32)33)16-30(15-18)26(31)13-7-8-19(2)29-28(34)35-17-25-23-11-5-3-9-21(23)22-10-4-6-12-24(22)25/h3-6,9-12,18-20,25H,7-8,13-17H2,1-2H3,(H,29,34)(H,32,33). The van der Waals surface area contributed by atoms with E-state index >= 15 is 0 Å². The Labute approximate surface area is 206 Å². The molecule has 1 aliphatic carbocycles. The van der Waals surface area contributed by atoms with Crippen LogP contribution in [0, 0.1) is 11.8 Å². The summed E-state index contributed by atoms with van der Waals surface area (Å²) in [6.45, 7) is 5.04. The van der Waals surface area contributed by atoms with Crippen molar-refractivity contribution in [1.29, 1.82) is 0 Å². The van der Waals surface area contributed by atoms with E-state index in [2.05, 4.69) is 29.6 Å². The van der Waals surface area contributed by atoms with Crippen molar-refractivity contribution < 1.29 is 24.2 Å². The third kappa shape index (κ3) is 5.84. The zero-order valence-corrected chi connectivity index (χ0v) is 20.4. The first-order chi connectivity index (χ1) is 16.8. The van der Waals surface area contributed by atoms with Crippen LogP contribution in [0.1, 0.15) is 56.6 Å². The van der Waals surface area contributed by atoms with E-state index in [4.69, 9.17) is 4.74 Å². The number of carbonyl (C=O) groups is 3. The van der Waals surface area contributed by atoms with Gasteiger partial charge >= 0.3 is 12.1 Å². The normalized spacial score (nSPS) is 20.0. The molecule has 0 bridgehead atoms. The SMILES string of the molecule is CC1CC(C(=O)O)CN(C(=O)CCCC(C)NC(=O)OCC2c3ccccc3-c3ccccc32)C1. The van der Waals surface area contributed by atoms with Gasteiger partial charge in [-0.1, -0.05) is 55.5 Å². The van der Waals surface area contributed by atoms with Crippen LogP contribution in [0.4, 0.5) is 4.79 Å².